The van der Waals surface area contributed by atoms with Crippen LogP contribution >= 0.6 is 11.3 Å². The average molecular weight is 412 g/mol. The number of nitrogens with one attached hydrogen (secondary N) is 1. The number of thiophene rings is 1. The minimum atomic E-state index is -0.791. The van der Waals surface area contributed by atoms with Crippen LogP contribution in [0.1, 0.15) is 21.7 Å². The van der Waals surface area contributed by atoms with E-state index in [0.29, 0.717) is 5.82 Å². The molecule has 0 fully saturated rings. The van der Waals surface area contributed by atoms with Crippen LogP contribution in [0.5, 0.6) is 0 Å². The van der Waals surface area contributed by atoms with Crippen LogP contribution in [0.4, 0.5) is 5.00 Å². The van der Waals surface area contributed by atoms with E-state index in [-0.39, 0.29) is 16.3 Å². The smallest absolute Gasteiger partial charge is 0.357 e. The molecule has 10 nitrogen and oxygen atoms in total. The molecule has 1 aromatic carbocycles. The molecule has 0 atom stereocenters. The SMILES string of the molecule is Cc1nnnn1/C(=C/c1ccccc1)C(=O)OCC(=O)Nc1sccc1C(N)=O. The maximum atomic E-state index is 12.6. The normalized spacial score (nSPS) is 11.1. The number of ether oxygens (including phenoxy) is 1. The van der Waals surface area contributed by atoms with Gasteiger partial charge in [-0.05, 0) is 40.4 Å². The van der Waals surface area contributed by atoms with Gasteiger partial charge in [0, 0.05) is 0 Å². The predicted octanol–water partition coefficient (Wildman–Crippen LogP) is 1.32. The molecule has 3 N–H and O–H groups in total. The first-order valence-electron chi connectivity index (χ1n) is 8.32. The number of esters is 1. The van der Waals surface area contributed by atoms with Crippen molar-refractivity contribution in [3.05, 3.63) is 58.7 Å². The van der Waals surface area contributed by atoms with Crippen molar-refractivity contribution >= 4 is 45.9 Å². The first kappa shape index (κ1) is 19.9. The maximum absolute atomic E-state index is 12.6. The molecule has 0 aliphatic heterocycles. The summed E-state index contributed by atoms with van der Waals surface area (Å²) < 4.78 is 6.34. The van der Waals surface area contributed by atoms with Gasteiger partial charge in [-0.1, -0.05) is 30.3 Å². The van der Waals surface area contributed by atoms with E-state index in [1.807, 2.05) is 18.2 Å². The molecule has 0 spiro atoms. The van der Waals surface area contributed by atoms with Crippen LogP contribution in [0.2, 0.25) is 0 Å². The summed E-state index contributed by atoms with van der Waals surface area (Å²) in [6.07, 6.45) is 1.55. The zero-order valence-corrected chi connectivity index (χ0v) is 16.0. The van der Waals surface area contributed by atoms with Crippen LogP contribution in [0.3, 0.4) is 0 Å². The number of nitrogens with two attached hydrogens (primary N) is 1. The Kier molecular flexibility index (Phi) is 6.09. The van der Waals surface area contributed by atoms with Gasteiger partial charge >= 0.3 is 5.97 Å². The van der Waals surface area contributed by atoms with Gasteiger partial charge in [-0.2, -0.15) is 4.68 Å². The number of primary amides is 1. The molecule has 0 aliphatic rings. The van der Waals surface area contributed by atoms with Gasteiger partial charge in [-0.25, -0.2) is 4.79 Å². The highest BCUT2D eigenvalue weighted by molar-refractivity contribution is 7.14. The van der Waals surface area contributed by atoms with E-state index in [0.717, 1.165) is 16.9 Å². The fraction of sp³-hybridized carbons (Fsp3) is 0.111. The van der Waals surface area contributed by atoms with Crippen molar-refractivity contribution in [3.63, 3.8) is 0 Å². The minimum absolute atomic E-state index is 0.0421. The first-order valence-corrected chi connectivity index (χ1v) is 9.20. The van der Waals surface area contributed by atoms with E-state index in [9.17, 15) is 14.4 Å². The van der Waals surface area contributed by atoms with Crippen molar-refractivity contribution in [2.45, 2.75) is 6.92 Å². The fourth-order valence-electron chi connectivity index (χ4n) is 2.34. The van der Waals surface area contributed by atoms with Gasteiger partial charge in [-0.15, -0.1) is 16.4 Å². The second kappa shape index (κ2) is 8.89. The number of carbonyl (C=O) groups is 3. The molecule has 3 aromatic rings. The standard InChI is InChI=1S/C18H16N6O4S/c1-11-21-22-23-24(11)14(9-12-5-3-2-4-6-12)18(27)28-10-15(25)20-17-13(16(19)26)7-8-29-17/h2-9H,10H2,1H3,(H2,19,26)(H,20,25)/b14-9+. The lowest BCUT2D eigenvalue weighted by Crippen LogP contribution is -2.24. The minimum Gasteiger partial charge on any atom is -0.451 e. The lowest BCUT2D eigenvalue weighted by molar-refractivity contribution is -0.141. The van der Waals surface area contributed by atoms with Crippen LogP contribution in [0.15, 0.2) is 41.8 Å². The summed E-state index contributed by atoms with van der Waals surface area (Å²) in [5.41, 5.74) is 6.19. The number of aromatic nitrogens is 4. The number of rotatable bonds is 7. The summed E-state index contributed by atoms with van der Waals surface area (Å²) in [6, 6.07) is 10.5. The van der Waals surface area contributed by atoms with Gasteiger partial charge in [0.05, 0.1) is 5.56 Å². The molecule has 11 heteroatoms. The molecule has 0 saturated heterocycles. The molecule has 2 amide bonds. The Labute approximate surface area is 169 Å². The van der Waals surface area contributed by atoms with Crippen molar-refractivity contribution < 1.29 is 19.1 Å². The lowest BCUT2D eigenvalue weighted by Gasteiger charge is -2.09. The van der Waals surface area contributed by atoms with Crippen molar-refractivity contribution in [3.8, 4) is 0 Å². The molecule has 2 aromatic heterocycles. The Hall–Kier alpha value is -3.86. The van der Waals surface area contributed by atoms with Crippen LogP contribution in [0, 0.1) is 6.92 Å². The first-order chi connectivity index (χ1) is 14.0. The summed E-state index contributed by atoms with van der Waals surface area (Å²) in [5, 5.41) is 15.5. The molecule has 0 aliphatic carbocycles. The van der Waals surface area contributed by atoms with Crippen molar-refractivity contribution in [2.75, 3.05) is 11.9 Å². The number of tetrazole rings is 1. The van der Waals surface area contributed by atoms with Gasteiger partial charge in [0.15, 0.2) is 18.1 Å². The lowest BCUT2D eigenvalue weighted by atomic mass is 10.2. The van der Waals surface area contributed by atoms with Gasteiger partial charge in [0.2, 0.25) is 0 Å². The monoisotopic (exact) mass is 412 g/mol. The molecule has 0 unspecified atom stereocenters. The molecule has 0 bridgehead atoms. The van der Waals surface area contributed by atoms with Gasteiger partial charge < -0.3 is 15.8 Å². The summed E-state index contributed by atoms with van der Waals surface area (Å²) in [7, 11) is 0. The Bertz CT molecular complexity index is 1070. The zero-order valence-electron chi connectivity index (χ0n) is 15.2. The quantitative estimate of drug-likeness (QED) is 0.440. The average Bonchev–Trinajstić information content (AvgIpc) is 3.34. The summed E-state index contributed by atoms with van der Waals surface area (Å²) in [5.74, 6) is -1.70. The van der Waals surface area contributed by atoms with Crippen molar-refractivity contribution in [2.24, 2.45) is 5.73 Å². The zero-order chi connectivity index (χ0) is 20.8. The summed E-state index contributed by atoms with van der Waals surface area (Å²) >= 11 is 1.13. The molecule has 148 valence electrons. The highest BCUT2D eigenvalue weighted by atomic mass is 32.1. The van der Waals surface area contributed by atoms with Gasteiger partial charge in [-0.3, -0.25) is 9.59 Å². The molecular formula is C18H16N6O4S. The third-order valence-corrected chi connectivity index (χ3v) is 4.51. The predicted molar refractivity (Wildman–Crippen MR) is 106 cm³/mol. The number of anilines is 1. The second-order valence-electron chi connectivity index (χ2n) is 5.73. The molecule has 0 saturated carbocycles. The van der Waals surface area contributed by atoms with Gasteiger partial charge in [0.1, 0.15) is 5.00 Å². The van der Waals surface area contributed by atoms with Crippen LogP contribution in [-0.4, -0.2) is 44.6 Å². The number of benzene rings is 1. The van der Waals surface area contributed by atoms with Crippen molar-refractivity contribution in [1.29, 1.82) is 0 Å². The number of carbonyl (C=O) groups excluding carboxylic acids is 3. The fourth-order valence-corrected chi connectivity index (χ4v) is 3.14. The summed E-state index contributed by atoms with van der Waals surface area (Å²) in [4.78, 5) is 36.1. The molecule has 0 radical (unpaired) electrons. The van der Waals surface area contributed by atoms with E-state index < -0.39 is 24.4 Å². The third kappa shape index (κ3) is 4.90. The van der Waals surface area contributed by atoms with Crippen LogP contribution in [-0.2, 0) is 14.3 Å². The maximum Gasteiger partial charge on any atom is 0.357 e. The largest absolute Gasteiger partial charge is 0.451 e. The summed E-state index contributed by atoms with van der Waals surface area (Å²) in [6.45, 7) is 1.06. The Morgan fingerprint density at radius 1 is 1.24 bits per heavy atom. The number of nitrogens with zero attached hydrogens (tertiary/aromatic N) is 4. The second-order valence-corrected chi connectivity index (χ2v) is 6.65. The highest BCUT2D eigenvalue weighted by Gasteiger charge is 2.20. The van der Waals surface area contributed by atoms with E-state index in [2.05, 4.69) is 20.8 Å². The molecule has 29 heavy (non-hydrogen) atoms. The van der Waals surface area contributed by atoms with E-state index in [4.69, 9.17) is 10.5 Å². The molecule has 3 rings (SSSR count). The van der Waals surface area contributed by atoms with E-state index in [1.54, 1.807) is 30.5 Å². The number of hydrogen-bond acceptors (Lipinski definition) is 8. The Morgan fingerprint density at radius 2 is 2.00 bits per heavy atom. The Morgan fingerprint density at radius 3 is 2.66 bits per heavy atom. The number of amides is 2. The molecule has 2 heterocycles. The van der Waals surface area contributed by atoms with Crippen LogP contribution < -0.4 is 11.1 Å². The van der Waals surface area contributed by atoms with Crippen LogP contribution in [0.25, 0.3) is 11.8 Å². The molecular weight excluding hydrogens is 396 g/mol. The number of hydrogen-bond donors (Lipinski definition) is 2. The van der Waals surface area contributed by atoms with Gasteiger partial charge in [0.25, 0.3) is 11.8 Å². The van der Waals surface area contributed by atoms with Crippen molar-refractivity contribution in [1.82, 2.24) is 20.2 Å². The number of aryl methyl sites for hydroxylation is 1. The Balaban J connectivity index is 1.73. The third-order valence-electron chi connectivity index (χ3n) is 3.68. The van der Waals surface area contributed by atoms with E-state index in [1.165, 1.54) is 10.7 Å². The topological polar surface area (TPSA) is 142 Å². The van der Waals surface area contributed by atoms with E-state index >= 15 is 0 Å². The highest BCUT2D eigenvalue weighted by Crippen LogP contribution is 2.22.